The van der Waals surface area contributed by atoms with E-state index in [4.69, 9.17) is 16.3 Å². The Hall–Kier alpha value is -1.39. The quantitative estimate of drug-likeness (QED) is 0.725. The molecule has 0 saturated heterocycles. The highest BCUT2D eigenvalue weighted by atomic mass is 35.5. The van der Waals surface area contributed by atoms with E-state index in [1.165, 1.54) is 11.1 Å². The second-order valence-corrected chi connectivity index (χ2v) is 6.52. The second kappa shape index (κ2) is 9.80. The highest BCUT2D eigenvalue weighted by Crippen LogP contribution is 2.23. The maximum absolute atomic E-state index is 9.75. The molecule has 0 saturated carbocycles. The van der Waals surface area contributed by atoms with E-state index in [2.05, 4.69) is 24.4 Å². The van der Waals surface area contributed by atoms with Crippen molar-refractivity contribution in [1.82, 2.24) is 5.32 Å². The van der Waals surface area contributed by atoms with Crippen LogP contribution in [0.5, 0.6) is 0 Å². The Bertz CT molecular complexity index is 633. The van der Waals surface area contributed by atoms with Gasteiger partial charge in [0.15, 0.2) is 0 Å². The summed E-state index contributed by atoms with van der Waals surface area (Å²) in [5.74, 6) is 0.146. The number of nitrogens with one attached hydrogen (secondary N) is 1. The molecule has 0 aromatic heterocycles. The fourth-order valence-electron chi connectivity index (χ4n) is 2.84. The summed E-state index contributed by atoms with van der Waals surface area (Å²) in [4.78, 5) is 0. The van der Waals surface area contributed by atoms with Gasteiger partial charge in [0.05, 0.1) is 12.6 Å². The van der Waals surface area contributed by atoms with Gasteiger partial charge < -0.3 is 15.2 Å². The molecule has 2 aromatic rings. The molecular formula is C20H26ClNO2. The lowest BCUT2D eigenvalue weighted by atomic mass is 9.96. The first-order valence-electron chi connectivity index (χ1n) is 8.27. The van der Waals surface area contributed by atoms with Gasteiger partial charge >= 0.3 is 0 Å². The summed E-state index contributed by atoms with van der Waals surface area (Å²) >= 11 is 6.31. The van der Waals surface area contributed by atoms with E-state index in [1.54, 1.807) is 7.11 Å². The zero-order chi connectivity index (χ0) is 17.4. The summed E-state index contributed by atoms with van der Waals surface area (Å²) < 4.78 is 5.33. The van der Waals surface area contributed by atoms with Crippen LogP contribution in [-0.4, -0.2) is 32.0 Å². The van der Waals surface area contributed by atoms with Crippen LogP contribution in [0.2, 0.25) is 5.02 Å². The summed E-state index contributed by atoms with van der Waals surface area (Å²) in [5, 5.41) is 14.0. The number of ether oxygens (including phenoxy) is 1. The maximum Gasteiger partial charge on any atom is 0.0658 e. The Labute approximate surface area is 149 Å². The fraction of sp³-hybridized carbons (Fsp3) is 0.400. The molecule has 2 N–H and O–H groups in total. The summed E-state index contributed by atoms with van der Waals surface area (Å²) in [5.41, 5.74) is 3.56. The average molecular weight is 348 g/mol. The molecule has 0 aliphatic carbocycles. The Balaban J connectivity index is 2.01. The topological polar surface area (TPSA) is 41.5 Å². The van der Waals surface area contributed by atoms with Crippen molar-refractivity contribution in [2.45, 2.75) is 19.4 Å². The number of benzene rings is 2. The summed E-state index contributed by atoms with van der Waals surface area (Å²) in [6.45, 7) is 3.48. The molecule has 2 atom stereocenters. The van der Waals surface area contributed by atoms with E-state index >= 15 is 0 Å². The van der Waals surface area contributed by atoms with Crippen molar-refractivity contribution in [2.75, 3.05) is 26.9 Å². The van der Waals surface area contributed by atoms with E-state index in [0.717, 1.165) is 17.0 Å². The Morgan fingerprint density at radius 3 is 2.50 bits per heavy atom. The molecule has 0 radical (unpaired) electrons. The highest BCUT2D eigenvalue weighted by Gasteiger charge is 2.17. The van der Waals surface area contributed by atoms with Gasteiger partial charge in [-0.25, -0.2) is 0 Å². The van der Waals surface area contributed by atoms with Crippen LogP contribution in [0.15, 0.2) is 48.5 Å². The standard InChI is InChI=1S/C20H26ClNO2/c1-15-7-3-4-8-17(15)11-16(13-23)12-22-20(14-24-2)18-9-5-6-10-19(18)21/h3-10,16,20,22-23H,11-14H2,1-2H3. The maximum atomic E-state index is 9.75. The van der Waals surface area contributed by atoms with Gasteiger partial charge in [0.25, 0.3) is 0 Å². The first-order chi connectivity index (χ1) is 11.7. The predicted molar refractivity (Wildman–Crippen MR) is 99.5 cm³/mol. The van der Waals surface area contributed by atoms with E-state index < -0.39 is 0 Å². The normalized spacial score (nSPS) is 13.7. The van der Waals surface area contributed by atoms with Crippen LogP contribution in [0.1, 0.15) is 22.7 Å². The van der Waals surface area contributed by atoms with Gasteiger partial charge in [-0.1, -0.05) is 54.1 Å². The number of aliphatic hydroxyl groups excluding tert-OH is 1. The molecule has 0 bridgehead atoms. The van der Waals surface area contributed by atoms with Gasteiger partial charge in [0.1, 0.15) is 0 Å². The molecule has 0 fully saturated rings. The van der Waals surface area contributed by atoms with E-state index in [0.29, 0.717) is 13.2 Å². The fourth-order valence-corrected chi connectivity index (χ4v) is 3.11. The van der Waals surface area contributed by atoms with Crippen LogP contribution in [0, 0.1) is 12.8 Å². The molecule has 2 rings (SSSR count). The number of rotatable bonds is 9. The zero-order valence-electron chi connectivity index (χ0n) is 14.3. The number of aryl methyl sites for hydroxylation is 1. The van der Waals surface area contributed by atoms with Crippen molar-refractivity contribution in [3.05, 3.63) is 70.2 Å². The smallest absolute Gasteiger partial charge is 0.0658 e. The minimum Gasteiger partial charge on any atom is -0.396 e. The molecule has 130 valence electrons. The van der Waals surface area contributed by atoms with Crippen LogP contribution in [0.4, 0.5) is 0 Å². The van der Waals surface area contributed by atoms with Crippen molar-refractivity contribution in [3.63, 3.8) is 0 Å². The zero-order valence-corrected chi connectivity index (χ0v) is 15.1. The van der Waals surface area contributed by atoms with Crippen molar-refractivity contribution >= 4 is 11.6 Å². The molecular weight excluding hydrogens is 322 g/mol. The lowest BCUT2D eigenvalue weighted by Crippen LogP contribution is -2.32. The third kappa shape index (κ3) is 5.32. The first kappa shape index (κ1) is 18.9. The van der Waals surface area contributed by atoms with Crippen LogP contribution >= 0.6 is 11.6 Å². The van der Waals surface area contributed by atoms with Gasteiger partial charge in [-0.3, -0.25) is 0 Å². The van der Waals surface area contributed by atoms with Crippen molar-refractivity contribution in [1.29, 1.82) is 0 Å². The summed E-state index contributed by atoms with van der Waals surface area (Å²) in [6, 6.07) is 16.1. The number of hydrogen-bond donors (Lipinski definition) is 2. The molecule has 0 heterocycles. The molecule has 0 amide bonds. The van der Waals surface area contributed by atoms with Crippen molar-refractivity contribution in [2.24, 2.45) is 5.92 Å². The molecule has 0 spiro atoms. The molecule has 0 aliphatic heterocycles. The SMILES string of the molecule is COCC(NCC(CO)Cc1ccccc1C)c1ccccc1Cl. The largest absolute Gasteiger partial charge is 0.396 e. The van der Waals surface area contributed by atoms with Crippen molar-refractivity contribution < 1.29 is 9.84 Å². The Morgan fingerprint density at radius 2 is 1.83 bits per heavy atom. The van der Waals surface area contributed by atoms with Gasteiger partial charge in [-0.05, 0) is 42.0 Å². The van der Waals surface area contributed by atoms with Gasteiger partial charge in [0, 0.05) is 25.3 Å². The summed E-state index contributed by atoms with van der Waals surface area (Å²) in [6.07, 6.45) is 0.846. The van der Waals surface area contributed by atoms with E-state index in [9.17, 15) is 5.11 Å². The Morgan fingerprint density at radius 1 is 1.12 bits per heavy atom. The van der Waals surface area contributed by atoms with Gasteiger partial charge in [-0.15, -0.1) is 0 Å². The summed E-state index contributed by atoms with van der Waals surface area (Å²) in [7, 11) is 1.68. The van der Waals surface area contributed by atoms with Gasteiger partial charge in [0.2, 0.25) is 0 Å². The highest BCUT2D eigenvalue weighted by molar-refractivity contribution is 6.31. The van der Waals surface area contributed by atoms with E-state index in [-0.39, 0.29) is 18.6 Å². The van der Waals surface area contributed by atoms with Crippen LogP contribution in [0.25, 0.3) is 0 Å². The van der Waals surface area contributed by atoms with Crippen LogP contribution in [-0.2, 0) is 11.2 Å². The third-order valence-corrected chi connectivity index (χ3v) is 4.64. The Kier molecular flexibility index (Phi) is 7.73. The number of methoxy groups -OCH3 is 1. The molecule has 2 unspecified atom stereocenters. The monoisotopic (exact) mass is 347 g/mol. The molecule has 24 heavy (non-hydrogen) atoms. The number of halogens is 1. The molecule has 0 aliphatic rings. The molecule has 4 heteroatoms. The minimum absolute atomic E-state index is 0.00891. The average Bonchev–Trinajstić information content (AvgIpc) is 2.59. The lowest BCUT2D eigenvalue weighted by molar-refractivity contribution is 0.157. The minimum atomic E-state index is 0.00891. The number of aliphatic hydroxyl groups is 1. The van der Waals surface area contributed by atoms with Crippen LogP contribution in [0.3, 0.4) is 0 Å². The predicted octanol–water partition coefficient (Wildman–Crippen LogP) is 3.78. The first-order valence-corrected chi connectivity index (χ1v) is 8.65. The van der Waals surface area contributed by atoms with Crippen LogP contribution < -0.4 is 5.32 Å². The number of hydrogen-bond acceptors (Lipinski definition) is 3. The third-order valence-electron chi connectivity index (χ3n) is 4.29. The molecule has 2 aromatic carbocycles. The molecule has 3 nitrogen and oxygen atoms in total. The lowest BCUT2D eigenvalue weighted by Gasteiger charge is -2.23. The van der Waals surface area contributed by atoms with Crippen molar-refractivity contribution in [3.8, 4) is 0 Å². The van der Waals surface area contributed by atoms with Gasteiger partial charge in [-0.2, -0.15) is 0 Å². The second-order valence-electron chi connectivity index (χ2n) is 6.12. The van der Waals surface area contributed by atoms with E-state index in [1.807, 2.05) is 36.4 Å².